The molecule has 2 rings (SSSR count). The summed E-state index contributed by atoms with van der Waals surface area (Å²) < 4.78 is 27.2. The fraction of sp³-hybridized carbons (Fsp3) is 0.100. The minimum Gasteiger partial charge on any atom is -0.284 e. The predicted octanol–water partition coefficient (Wildman–Crippen LogP) is 2.28. The zero-order valence-electron chi connectivity index (χ0n) is 8.94. The zero-order chi connectivity index (χ0) is 12.5. The third-order valence-corrected chi connectivity index (χ3v) is 4.04. The molecule has 0 radical (unpaired) electrons. The molecule has 1 aromatic heterocycles. The molecule has 0 unspecified atom stereocenters. The van der Waals surface area contributed by atoms with Crippen LogP contribution in [0, 0.1) is 6.92 Å². The predicted molar refractivity (Wildman–Crippen MR) is 68.3 cm³/mol. The van der Waals surface area contributed by atoms with Gasteiger partial charge >= 0.3 is 0 Å². The minimum atomic E-state index is -3.56. The summed E-state index contributed by atoms with van der Waals surface area (Å²) in [6, 6.07) is 5.32. The average Bonchev–Trinajstić information content (AvgIpc) is 2.76. The van der Waals surface area contributed by atoms with Crippen molar-refractivity contribution in [1.29, 1.82) is 0 Å². The molecule has 2 aromatic rings. The maximum atomic E-state index is 11.9. The number of benzene rings is 1. The second-order valence-electron chi connectivity index (χ2n) is 3.50. The van der Waals surface area contributed by atoms with Crippen molar-refractivity contribution in [2.24, 2.45) is 0 Å². The summed E-state index contributed by atoms with van der Waals surface area (Å²) in [5.41, 5.74) is 1.39. The first-order valence-corrected chi connectivity index (χ1v) is 7.04. The summed E-state index contributed by atoms with van der Waals surface area (Å²) >= 11 is 3.32. The number of nitrogens with one attached hydrogen (secondary N) is 2. The van der Waals surface area contributed by atoms with Crippen LogP contribution in [-0.2, 0) is 10.0 Å². The first-order valence-electron chi connectivity index (χ1n) is 4.77. The lowest BCUT2D eigenvalue weighted by Crippen LogP contribution is -2.12. The Bertz CT molecular complexity index is 623. The van der Waals surface area contributed by atoms with E-state index in [-0.39, 0.29) is 4.90 Å². The number of nitrogens with zero attached hydrogens (tertiary/aromatic N) is 1. The maximum absolute atomic E-state index is 11.9. The Morgan fingerprint density at radius 3 is 2.76 bits per heavy atom. The average molecular weight is 316 g/mol. The van der Waals surface area contributed by atoms with Crippen LogP contribution in [0.4, 0.5) is 5.69 Å². The smallest absolute Gasteiger partial charge is 0.265 e. The van der Waals surface area contributed by atoms with E-state index in [1.807, 2.05) is 13.0 Å². The quantitative estimate of drug-likeness (QED) is 0.912. The summed E-state index contributed by atoms with van der Waals surface area (Å²) in [4.78, 5) is 0.111. The molecule has 0 fully saturated rings. The molecular formula is C10H10BrN3O2S. The third kappa shape index (κ3) is 2.67. The molecule has 0 saturated heterocycles. The molecule has 2 N–H and O–H groups in total. The summed E-state index contributed by atoms with van der Waals surface area (Å²) in [5.74, 6) is 0. The number of halogens is 1. The number of aromatic nitrogens is 2. The van der Waals surface area contributed by atoms with E-state index in [1.165, 1.54) is 12.4 Å². The lowest BCUT2D eigenvalue weighted by atomic mass is 10.2. The molecule has 1 aromatic carbocycles. The van der Waals surface area contributed by atoms with E-state index in [0.29, 0.717) is 5.69 Å². The molecule has 0 bridgehead atoms. The second kappa shape index (κ2) is 4.50. The van der Waals surface area contributed by atoms with E-state index < -0.39 is 10.0 Å². The summed E-state index contributed by atoms with van der Waals surface area (Å²) in [7, 11) is -3.56. The van der Waals surface area contributed by atoms with Crippen molar-refractivity contribution < 1.29 is 8.42 Å². The third-order valence-electron chi connectivity index (χ3n) is 2.22. The van der Waals surface area contributed by atoms with Crippen molar-refractivity contribution in [1.82, 2.24) is 10.2 Å². The van der Waals surface area contributed by atoms with E-state index in [4.69, 9.17) is 0 Å². The normalized spacial score (nSPS) is 11.4. The van der Waals surface area contributed by atoms with E-state index in [2.05, 4.69) is 30.8 Å². The first kappa shape index (κ1) is 12.1. The number of sulfonamides is 1. The first-order chi connectivity index (χ1) is 7.99. The van der Waals surface area contributed by atoms with Crippen molar-refractivity contribution in [2.45, 2.75) is 11.8 Å². The van der Waals surface area contributed by atoms with E-state index >= 15 is 0 Å². The van der Waals surface area contributed by atoms with Crippen LogP contribution >= 0.6 is 15.9 Å². The van der Waals surface area contributed by atoms with Gasteiger partial charge in [0, 0.05) is 10.7 Å². The van der Waals surface area contributed by atoms with Crippen LogP contribution in [0.25, 0.3) is 0 Å². The Morgan fingerprint density at radius 2 is 2.18 bits per heavy atom. The van der Waals surface area contributed by atoms with E-state index in [9.17, 15) is 8.42 Å². The van der Waals surface area contributed by atoms with Gasteiger partial charge in [0.25, 0.3) is 10.0 Å². The number of anilines is 1. The topological polar surface area (TPSA) is 74.8 Å². The van der Waals surface area contributed by atoms with Crippen LogP contribution in [0.2, 0.25) is 0 Å². The summed E-state index contributed by atoms with van der Waals surface area (Å²) in [6.07, 6.45) is 2.59. The largest absolute Gasteiger partial charge is 0.284 e. The van der Waals surface area contributed by atoms with Gasteiger partial charge in [0.15, 0.2) is 0 Å². The number of aryl methyl sites for hydroxylation is 1. The van der Waals surface area contributed by atoms with Crippen LogP contribution in [0.15, 0.2) is 40.0 Å². The van der Waals surface area contributed by atoms with Gasteiger partial charge in [-0.3, -0.25) is 9.82 Å². The van der Waals surface area contributed by atoms with Crippen LogP contribution in [0.5, 0.6) is 0 Å². The van der Waals surface area contributed by atoms with Crippen LogP contribution in [0.3, 0.4) is 0 Å². The van der Waals surface area contributed by atoms with Gasteiger partial charge in [-0.25, -0.2) is 8.42 Å². The number of hydrogen-bond acceptors (Lipinski definition) is 3. The molecule has 0 amide bonds. The van der Waals surface area contributed by atoms with Crippen molar-refractivity contribution in [3.63, 3.8) is 0 Å². The number of rotatable bonds is 3. The lowest BCUT2D eigenvalue weighted by molar-refractivity contribution is 0.601. The molecular weight excluding hydrogens is 306 g/mol. The fourth-order valence-electron chi connectivity index (χ4n) is 1.33. The summed E-state index contributed by atoms with van der Waals surface area (Å²) in [5, 5.41) is 6.08. The van der Waals surface area contributed by atoms with Gasteiger partial charge in [0.1, 0.15) is 4.90 Å². The molecule has 0 aliphatic heterocycles. The molecule has 5 nitrogen and oxygen atoms in total. The molecule has 0 spiro atoms. The molecule has 0 saturated carbocycles. The van der Waals surface area contributed by atoms with Crippen LogP contribution in [0.1, 0.15) is 5.56 Å². The molecule has 0 aliphatic rings. The molecule has 1 heterocycles. The lowest BCUT2D eigenvalue weighted by Gasteiger charge is -2.09. The van der Waals surface area contributed by atoms with Gasteiger partial charge in [0.2, 0.25) is 0 Å². The highest BCUT2D eigenvalue weighted by Gasteiger charge is 2.16. The Balaban J connectivity index is 2.33. The molecule has 0 atom stereocenters. The van der Waals surface area contributed by atoms with Crippen molar-refractivity contribution >= 4 is 31.6 Å². The fourth-order valence-corrected chi connectivity index (χ4v) is 2.84. The van der Waals surface area contributed by atoms with Crippen LogP contribution in [-0.4, -0.2) is 18.6 Å². The molecule has 0 aliphatic carbocycles. The van der Waals surface area contributed by atoms with Gasteiger partial charge in [-0.05, 0) is 30.7 Å². The standard InChI is InChI=1S/C10H10BrN3O2S/c1-7-4-8(11)2-3-10(7)14-17(15,16)9-5-12-13-6-9/h2-6,14H,1H3,(H,12,13). The molecule has 90 valence electrons. The van der Waals surface area contributed by atoms with Crippen molar-refractivity contribution in [3.8, 4) is 0 Å². The molecule has 17 heavy (non-hydrogen) atoms. The number of aromatic amines is 1. The number of H-pyrrole nitrogens is 1. The van der Waals surface area contributed by atoms with Crippen LogP contribution < -0.4 is 4.72 Å². The Labute approximate surface area is 107 Å². The van der Waals surface area contributed by atoms with Gasteiger partial charge in [-0.2, -0.15) is 5.10 Å². The maximum Gasteiger partial charge on any atom is 0.265 e. The molecule has 7 heteroatoms. The van der Waals surface area contributed by atoms with Crippen molar-refractivity contribution in [3.05, 3.63) is 40.6 Å². The summed E-state index contributed by atoms with van der Waals surface area (Å²) in [6.45, 7) is 1.83. The zero-order valence-corrected chi connectivity index (χ0v) is 11.3. The minimum absolute atomic E-state index is 0.111. The highest BCUT2D eigenvalue weighted by molar-refractivity contribution is 9.10. The highest BCUT2D eigenvalue weighted by Crippen LogP contribution is 2.22. The highest BCUT2D eigenvalue weighted by atomic mass is 79.9. The monoisotopic (exact) mass is 315 g/mol. The van der Waals surface area contributed by atoms with E-state index in [1.54, 1.807) is 12.1 Å². The SMILES string of the molecule is Cc1cc(Br)ccc1NS(=O)(=O)c1cn[nH]c1. The van der Waals surface area contributed by atoms with Gasteiger partial charge < -0.3 is 0 Å². The number of hydrogen-bond donors (Lipinski definition) is 2. The van der Waals surface area contributed by atoms with Gasteiger partial charge in [-0.1, -0.05) is 15.9 Å². The van der Waals surface area contributed by atoms with Gasteiger partial charge in [0.05, 0.1) is 11.9 Å². The van der Waals surface area contributed by atoms with E-state index in [0.717, 1.165) is 10.0 Å². The second-order valence-corrected chi connectivity index (χ2v) is 6.10. The Hall–Kier alpha value is -1.34. The van der Waals surface area contributed by atoms with Crippen molar-refractivity contribution in [2.75, 3.05) is 4.72 Å². The Kier molecular flexibility index (Phi) is 3.21. The Morgan fingerprint density at radius 1 is 1.41 bits per heavy atom. The van der Waals surface area contributed by atoms with Gasteiger partial charge in [-0.15, -0.1) is 0 Å².